The number of carbonyl (C=O) groups is 1. The Hall–Kier alpha value is -1.50. The second kappa shape index (κ2) is 5.43. The molecule has 1 aliphatic carbocycles. The van der Waals surface area contributed by atoms with Gasteiger partial charge in [-0.3, -0.25) is 14.3 Å². The Labute approximate surface area is 103 Å². The number of carboxylic acids is 1. The molecule has 7 heteroatoms. The second-order valence-corrected chi connectivity index (χ2v) is 4.54. The zero-order valence-electron chi connectivity index (χ0n) is 9.80. The van der Waals surface area contributed by atoms with Crippen molar-refractivity contribution in [2.24, 2.45) is 5.92 Å². The highest BCUT2D eigenvalue weighted by Gasteiger charge is 2.26. The largest absolute Gasteiger partial charge is 0.480 e. The number of hydrogen-bond donors (Lipinski definition) is 1. The van der Waals surface area contributed by atoms with Gasteiger partial charge < -0.3 is 5.11 Å². The van der Waals surface area contributed by atoms with E-state index in [1.807, 2.05) is 0 Å². The normalized spacial score (nSPS) is 15.6. The maximum atomic E-state index is 12.6. The van der Waals surface area contributed by atoms with Crippen LogP contribution in [0, 0.1) is 5.92 Å². The zero-order chi connectivity index (χ0) is 13.1. The Balaban J connectivity index is 2.01. The molecule has 1 aliphatic rings. The minimum absolute atomic E-state index is 0.139. The van der Waals surface area contributed by atoms with Gasteiger partial charge in [-0.25, -0.2) is 4.98 Å². The maximum Gasteiger partial charge on any atom is 0.319 e. The predicted octanol–water partition coefficient (Wildman–Crippen LogP) is 1.57. The van der Waals surface area contributed by atoms with Crippen LogP contribution < -0.4 is 0 Å². The van der Waals surface area contributed by atoms with Crippen molar-refractivity contribution in [2.45, 2.75) is 25.9 Å². The fourth-order valence-electron chi connectivity index (χ4n) is 1.89. The second-order valence-electron chi connectivity index (χ2n) is 4.54. The molecular weight excluding hydrogens is 244 g/mol. The topological polar surface area (TPSA) is 58.4 Å². The molecule has 5 nitrogen and oxygen atoms in total. The Kier molecular flexibility index (Phi) is 3.90. The van der Waals surface area contributed by atoms with Crippen LogP contribution in [0.15, 0.2) is 12.4 Å². The van der Waals surface area contributed by atoms with Gasteiger partial charge in [-0.05, 0) is 18.8 Å². The lowest BCUT2D eigenvalue weighted by Crippen LogP contribution is -2.32. The molecule has 0 bridgehead atoms. The maximum absolute atomic E-state index is 12.6. The summed E-state index contributed by atoms with van der Waals surface area (Å²) < 4.78 is 26.0. The van der Waals surface area contributed by atoms with Gasteiger partial charge in [0.25, 0.3) is 0 Å². The Morgan fingerprint density at radius 3 is 2.89 bits per heavy atom. The van der Waals surface area contributed by atoms with E-state index in [2.05, 4.69) is 4.98 Å². The summed E-state index contributed by atoms with van der Waals surface area (Å²) in [6, 6.07) is 0. The van der Waals surface area contributed by atoms with E-state index in [9.17, 15) is 13.6 Å². The summed E-state index contributed by atoms with van der Waals surface area (Å²) in [5.41, 5.74) is 0. The van der Waals surface area contributed by atoms with Gasteiger partial charge in [-0.2, -0.15) is 8.78 Å². The first-order valence-corrected chi connectivity index (χ1v) is 5.80. The standard InChI is InChI=1S/C11H15F2N3O2/c12-11(13)16-4-3-14-9(16)6-15(7-10(17)18)5-8-1-2-8/h3-4,8,11H,1-2,5-7H2,(H,17,18). The summed E-state index contributed by atoms with van der Waals surface area (Å²) in [6.45, 7) is -2.02. The van der Waals surface area contributed by atoms with E-state index >= 15 is 0 Å². The van der Waals surface area contributed by atoms with E-state index in [0.717, 1.165) is 17.4 Å². The average molecular weight is 259 g/mol. The molecule has 1 saturated carbocycles. The van der Waals surface area contributed by atoms with E-state index in [1.165, 1.54) is 12.4 Å². The van der Waals surface area contributed by atoms with Gasteiger partial charge in [0.2, 0.25) is 0 Å². The summed E-state index contributed by atoms with van der Waals surface area (Å²) >= 11 is 0. The lowest BCUT2D eigenvalue weighted by atomic mass is 10.3. The summed E-state index contributed by atoms with van der Waals surface area (Å²) in [4.78, 5) is 16.3. The summed E-state index contributed by atoms with van der Waals surface area (Å²) in [6.07, 6.45) is 4.67. The molecule has 18 heavy (non-hydrogen) atoms. The molecule has 100 valence electrons. The number of aromatic nitrogens is 2. The number of nitrogens with zero attached hydrogens (tertiary/aromatic N) is 3. The molecule has 1 N–H and O–H groups in total. The lowest BCUT2D eigenvalue weighted by Gasteiger charge is -2.20. The summed E-state index contributed by atoms with van der Waals surface area (Å²) in [7, 11) is 0. The van der Waals surface area contributed by atoms with Crippen molar-refractivity contribution in [3.05, 3.63) is 18.2 Å². The quantitative estimate of drug-likeness (QED) is 0.807. The van der Waals surface area contributed by atoms with E-state index < -0.39 is 12.5 Å². The zero-order valence-corrected chi connectivity index (χ0v) is 9.80. The highest BCUT2D eigenvalue weighted by Crippen LogP contribution is 2.30. The lowest BCUT2D eigenvalue weighted by molar-refractivity contribution is -0.138. The first-order valence-electron chi connectivity index (χ1n) is 5.80. The van der Waals surface area contributed by atoms with Crippen molar-refractivity contribution in [1.29, 1.82) is 0 Å². The van der Waals surface area contributed by atoms with Crippen LogP contribution in [-0.4, -0.2) is 38.6 Å². The van der Waals surface area contributed by atoms with E-state index in [4.69, 9.17) is 5.11 Å². The molecular formula is C11H15F2N3O2. The minimum atomic E-state index is -2.64. The molecule has 0 atom stereocenters. The van der Waals surface area contributed by atoms with Crippen LogP contribution in [0.25, 0.3) is 0 Å². The van der Waals surface area contributed by atoms with Crippen molar-refractivity contribution < 1.29 is 18.7 Å². The predicted molar refractivity (Wildman–Crippen MR) is 59.1 cm³/mol. The van der Waals surface area contributed by atoms with Gasteiger partial charge >= 0.3 is 12.5 Å². The van der Waals surface area contributed by atoms with Gasteiger partial charge in [0.1, 0.15) is 5.82 Å². The van der Waals surface area contributed by atoms with Crippen LogP contribution in [0.4, 0.5) is 8.78 Å². The van der Waals surface area contributed by atoms with E-state index in [1.54, 1.807) is 4.90 Å². The number of halogens is 2. The highest BCUT2D eigenvalue weighted by atomic mass is 19.3. The van der Waals surface area contributed by atoms with Crippen LogP contribution in [0.2, 0.25) is 0 Å². The molecule has 0 spiro atoms. The van der Waals surface area contributed by atoms with Gasteiger partial charge in [0.15, 0.2) is 0 Å². The number of imidazole rings is 1. The third kappa shape index (κ3) is 3.49. The first-order chi connectivity index (χ1) is 8.56. The summed E-state index contributed by atoms with van der Waals surface area (Å²) in [5.74, 6) is -0.253. The van der Waals surface area contributed by atoms with Gasteiger partial charge in [0.05, 0.1) is 13.1 Å². The molecule has 0 aliphatic heterocycles. The smallest absolute Gasteiger partial charge is 0.319 e. The van der Waals surface area contributed by atoms with Crippen LogP contribution in [0.3, 0.4) is 0 Å². The Morgan fingerprint density at radius 1 is 1.61 bits per heavy atom. The number of hydrogen-bond acceptors (Lipinski definition) is 3. The van der Waals surface area contributed by atoms with Crippen molar-refractivity contribution in [3.8, 4) is 0 Å². The SMILES string of the molecule is O=C(O)CN(Cc1nccn1C(F)F)CC1CC1. The first kappa shape index (κ1) is 12.9. The third-order valence-electron chi connectivity index (χ3n) is 2.90. The molecule has 1 aromatic rings. The van der Waals surface area contributed by atoms with E-state index in [-0.39, 0.29) is 18.9 Å². The van der Waals surface area contributed by atoms with Crippen LogP contribution >= 0.6 is 0 Å². The molecule has 1 aromatic heterocycles. The molecule has 0 unspecified atom stereocenters. The average Bonchev–Trinajstić information content (AvgIpc) is 2.93. The van der Waals surface area contributed by atoms with Gasteiger partial charge in [-0.15, -0.1) is 0 Å². The highest BCUT2D eigenvalue weighted by molar-refractivity contribution is 5.69. The number of carboxylic acid groups (broad SMARTS) is 1. The van der Waals surface area contributed by atoms with Gasteiger partial charge in [-0.1, -0.05) is 0 Å². The monoisotopic (exact) mass is 259 g/mol. The Morgan fingerprint density at radius 2 is 2.33 bits per heavy atom. The Bertz CT molecular complexity index is 418. The molecule has 1 heterocycles. The molecule has 0 radical (unpaired) electrons. The van der Waals surface area contributed by atoms with Crippen LogP contribution in [-0.2, 0) is 11.3 Å². The summed E-state index contributed by atoms with van der Waals surface area (Å²) in [5, 5.41) is 8.81. The van der Waals surface area contributed by atoms with E-state index in [0.29, 0.717) is 12.5 Å². The number of aliphatic carboxylic acids is 1. The van der Waals surface area contributed by atoms with Crippen molar-refractivity contribution in [2.75, 3.05) is 13.1 Å². The number of alkyl halides is 2. The molecule has 0 amide bonds. The molecule has 0 aromatic carbocycles. The third-order valence-corrected chi connectivity index (χ3v) is 2.90. The van der Waals surface area contributed by atoms with Crippen molar-refractivity contribution >= 4 is 5.97 Å². The minimum Gasteiger partial charge on any atom is -0.480 e. The molecule has 0 saturated heterocycles. The van der Waals surface area contributed by atoms with Gasteiger partial charge in [0, 0.05) is 18.9 Å². The van der Waals surface area contributed by atoms with Crippen LogP contribution in [0.5, 0.6) is 0 Å². The molecule has 2 rings (SSSR count). The van der Waals surface area contributed by atoms with Crippen LogP contribution in [0.1, 0.15) is 25.2 Å². The molecule has 1 fully saturated rings. The fraction of sp³-hybridized carbons (Fsp3) is 0.636. The van der Waals surface area contributed by atoms with Crippen molar-refractivity contribution in [1.82, 2.24) is 14.5 Å². The number of rotatable bonds is 7. The fourth-order valence-corrected chi connectivity index (χ4v) is 1.89. The van der Waals surface area contributed by atoms with Crippen molar-refractivity contribution in [3.63, 3.8) is 0 Å².